The maximum absolute atomic E-state index is 8.73. The van der Waals surface area contributed by atoms with E-state index < -0.39 is 7.32 Å². The summed E-state index contributed by atoms with van der Waals surface area (Å²) >= 11 is 0. The molecular formula is C11H16BNO3. The average molecular weight is 221 g/mol. The van der Waals surface area contributed by atoms with E-state index in [1.54, 1.807) is 6.07 Å². The van der Waals surface area contributed by atoms with Crippen molar-refractivity contribution >= 4 is 13.0 Å². The van der Waals surface area contributed by atoms with Crippen LogP contribution in [0, 0.1) is 0 Å². The zero-order valence-corrected chi connectivity index (χ0v) is 9.17. The monoisotopic (exact) mass is 221 g/mol. The number of piperidine rings is 1. The molecule has 16 heavy (non-hydrogen) atoms. The molecule has 0 saturated carbocycles. The van der Waals surface area contributed by atoms with Gasteiger partial charge in [-0.2, -0.15) is 0 Å². The van der Waals surface area contributed by atoms with Gasteiger partial charge in [-0.15, -0.1) is 0 Å². The van der Waals surface area contributed by atoms with Gasteiger partial charge in [-0.25, -0.2) is 0 Å². The highest BCUT2D eigenvalue weighted by Crippen LogP contribution is 2.24. The number of nitrogens with zero attached hydrogens (tertiary/aromatic N) is 1. The van der Waals surface area contributed by atoms with Crippen LogP contribution in [0.1, 0.15) is 19.3 Å². The Kier molecular flexibility index (Phi) is 3.69. The van der Waals surface area contributed by atoms with Crippen LogP contribution in [0.5, 0.6) is 5.75 Å². The van der Waals surface area contributed by atoms with E-state index in [1.807, 2.05) is 18.2 Å². The lowest BCUT2D eigenvalue weighted by Crippen LogP contribution is -2.29. The van der Waals surface area contributed by atoms with Gasteiger partial charge in [-0.3, -0.25) is 0 Å². The van der Waals surface area contributed by atoms with Gasteiger partial charge in [0.1, 0.15) is 5.75 Å². The van der Waals surface area contributed by atoms with E-state index in [9.17, 15) is 0 Å². The first-order chi connectivity index (χ1) is 7.75. The summed E-state index contributed by atoms with van der Waals surface area (Å²) in [5.74, 6) is 0.484. The molecule has 1 heterocycles. The van der Waals surface area contributed by atoms with Crippen LogP contribution in [0.25, 0.3) is 0 Å². The maximum atomic E-state index is 8.73. The van der Waals surface area contributed by atoms with Gasteiger partial charge in [0.25, 0.3) is 0 Å². The summed E-state index contributed by atoms with van der Waals surface area (Å²) in [6.07, 6.45) is 3.73. The van der Waals surface area contributed by atoms with E-state index in [-0.39, 0.29) is 0 Å². The van der Waals surface area contributed by atoms with Gasteiger partial charge < -0.3 is 19.6 Å². The van der Waals surface area contributed by atoms with Crippen LogP contribution >= 0.6 is 0 Å². The molecule has 5 heteroatoms. The van der Waals surface area contributed by atoms with Crippen molar-refractivity contribution in [2.45, 2.75) is 19.3 Å². The molecule has 1 saturated heterocycles. The second-order valence-electron chi connectivity index (χ2n) is 3.99. The molecule has 0 spiro atoms. The third kappa shape index (κ3) is 2.90. The van der Waals surface area contributed by atoms with Crippen LogP contribution in [0.15, 0.2) is 24.3 Å². The molecular weight excluding hydrogens is 205 g/mol. The molecule has 0 amide bonds. The van der Waals surface area contributed by atoms with Gasteiger partial charge in [0.15, 0.2) is 0 Å². The Morgan fingerprint density at radius 1 is 1.12 bits per heavy atom. The fourth-order valence-corrected chi connectivity index (χ4v) is 2.03. The molecule has 0 unspecified atom stereocenters. The highest BCUT2D eigenvalue weighted by Gasteiger charge is 2.14. The minimum Gasteiger partial charge on any atom is -0.512 e. The zero-order chi connectivity index (χ0) is 11.4. The van der Waals surface area contributed by atoms with Crippen molar-refractivity contribution in [3.05, 3.63) is 24.3 Å². The maximum Gasteiger partial charge on any atom is 0.707 e. The Bertz CT molecular complexity index is 340. The van der Waals surface area contributed by atoms with Crippen molar-refractivity contribution in [3.8, 4) is 5.75 Å². The predicted molar refractivity (Wildman–Crippen MR) is 63.3 cm³/mol. The average Bonchev–Trinajstić information content (AvgIpc) is 2.30. The van der Waals surface area contributed by atoms with Gasteiger partial charge in [0.2, 0.25) is 0 Å². The van der Waals surface area contributed by atoms with Gasteiger partial charge >= 0.3 is 7.32 Å². The zero-order valence-electron chi connectivity index (χ0n) is 9.17. The summed E-state index contributed by atoms with van der Waals surface area (Å²) in [6.45, 7) is 2.12. The molecule has 0 aliphatic carbocycles. The Balaban J connectivity index is 2.08. The van der Waals surface area contributed by atoms with E-state index >= 15 is 0 Å². The van der Waals surface area contributed by atoms with Crippen LogP contribution in [-0.2, 0) is 0 Å². The number of benzene rings is 1. The highest BCUT2D eigenvalue weighted by molar-refractivity contribution is 6.33. The summed E-state index contributed by atoms with van der Waals surface area (Å²) in [7, 11) is -1.75. The Hall–Kier alpha value is -1.20. The van der Waals surface area contributed by atoms with Gasteiger partial charge in [0.05, 0.1) is 0 Å². The topological polar surface area (TPSA) is 52.9 Å². The molecule has 2 N–H and O–H groups in total. The van der Waals surface area contributed by atoms with Crippen LogP contribution in [-0.4, -0.2) is 30.5 Å². The van der Waals surface area contributed by atoms with Crippen molar-refractivity contribution in [2.75, 3.05) is 18.0 Å². The number of anilines is 1. The minimum absolute atomic E-state index is 0.484. The molecule has 1 aliphatic heterocycles. The van der Waals surface area contributed by atoms with Crippen molar-refractivity contribution in [2.24, 2.45) is 0 Å². The number of rotatable bonds is 3. The fourth-order valence-electron chi connectivity index (χ4n) is 2.03. The predicted octanol–water partition coefficient (Wildman–Crippen LogP) is 1.03. The lowest BCUT2D eigenvalue weighted by molar-refractivity contribution is 0.288. The highest BCUT2D eigenvalue weighted by atomic mass is 16.6. The normalized spacial score (nSPS) is 16.0. The van der Waals surface area contributed by atoms with Crippen LogP contribution in [0.4, 0.5) is 5.69 Å². The second-order valence-corrected chi connectivity index (χ2v) is 3.99. The Labute approximate surface area is 95.6 Å². The summed E-state index contributed by atoms with van der Waals surface area (Å²) in [5, 5.41) is 17.5. The third-order valence-electron chi connectivity index (χ3n) is 2.78. The van der Waals surface area contributed by atoms with Crippen molar-refractivity contribution in [3.63, 3.8) is 0 Å². The summed E-state index contributed by atoms with van der Waals surface area (Å²) in [4.78, 5) is 2.29. The van der Waals surface area contributed by atoms with Gasteiger partial charge in [0, 0.05) is 24.8 Å². The third-order valence-corrected chi connectivity index (χ3v) is 2.78. The quantitative estimate of drug-likeness (QED) is 0.748. The fraction of sp³-hybridized carbons (Fsp3) is 0.455. The van der Waals surface area contributed by atoms with Crippen LogP contribution in [0.3, 0.4) is 0 Å². The molecule has 0 radical (unpaired) electrons. The van der Waals surface area contributed by atoms with Crippen LogP contribution in [0.2, 0.25) is 0 Å². The molecule has 86 valence electrons. The Morgan fingerprint density at radius 2 is 1.88 bits per heavy atom. The molecule has 0 bridgehead atoms. The summed E-state index contributed by atoms with van der Waals surface area (Å²) in [5.41, 5.74) is 1.08. The van der Waals surface area contributed by atoms with Crippen molar-refractivity contribution in [1.29, 1.82) is 0 Å². The summed E-state index contributed by atoms with van der Waals surface area (Å²) < 4.78 is 4.83. The lowest BCUT2D eigenvalue weighted by Gasteiger charge is -2.29. The van der Waals surface area contributed by atoms with Crippen LogP contribution < -0.4 is 9.55 Å². The van der Waals surface area contributed by atoms with E-state index in [2.05, 4.69) is 4.90 Å². The first-order valence-electron chi connectivity index (χ1n) is 5.63. The second kappa shape index (κ2) is 5.23. The van der Waals surface area contributed by atoms with E-state index in [0.717, 1.165) is 18.8 Å². The first kappa shape index (κ1) is 11.3. The SMILES string of the molecule is OB(O)Oc1cccc(N2CCCCC2)c1. The molecule has 0 atom stereocenters. The van der Waals surface area contributed by atoms with E-state index in [1.165, 1.54) is 19.3 Å². The number of hydrogen-bond acceptors (Lipinski definition) is 4. The van der Waals surface area contributed by atoms with Gasteiger partial charge in [-0.05, 0) is 31.4 Å². The van der Waals surface area contributed by atoms with E-state index in [4.69, 9.17) is 14.7 Å². The van der Waals surface area contributed by atoms with Crippen molar-refractivity contribution in [1.82, 2.24) is 0 Å². The molecule has 2 rings (SSSR count). The molecule has 1 aromatic rings. The smallest absolute Gasteiger partial charge is 0.512 e. The molecule has 1 fully saturated rings. The standard InChI is InChI=1S/C11H16BNO3/c14-12(15)16-11-6-4-5-10(9-11)13-7-2-1-3-8-13/h4-6,9,14-15H,1-3,7-8H2. The van der Waals surface area contributed by atoms with Crippen molar-refractivity contribution < 1.29 is 14.7 Å². The van der Waals surface area contributed by atoms with E-state index in [0.29, 0.717) is 5.75 Å². The molecule has 1 aliphatic rings. The van der Waals surface area contributed by atoms with Gasteiger partial charge in [-0.1, -0.05) is 6.07 Å². The molecule has 1 aromatic carbocycles. The lowest BCUT2D eigenvalue weighted by atomic mass is 10.1. The molecule has 0 aromatic heterocycles. The summed E-state index contributed by atoms with van der Waals surface area (Å²) in [6, 6.07) is 7.43. The first-order valence-corrected chi connectivity index (χ1v) is 5.63. The largest absolute Gasteiger partial charge is 0.707 e. The Morgan fingerprint density at radius 3 is 2.56 bits per heavy atom. The minimum atomic E-state index is -1.75. The number of hydrogen-bond donors (Lipinski definition) is 2. The molecule has 4 nitrogen and oxygen atoms in total.